The van der Waals surface area contributed by atoms with E-state index >= 15 is 0 Å². The van der Waals surface area contributed by atoms with E-state index in [2.05, 4.69) is 4.74 Å². The van der Waals surface area contributed by atoms with Gasteiger partial charge in [0, 0.05) is 13.6 Å². The summed E-state index contributed by atoms with van der Waals surface area (Å²) in [6.45, 7) is 0.264. The number of amides is 1. The molecule has 0 aliphatic heterocycles. The van der Waals surface area contributed by atoms with E-state index in [9.17, 15) is 14.0 Å². The van der Waals surface area contributed by atoms with Gasteiger partial charge < -0.3 is 9.64 Å². The number of esters is 1. The zero-order chi connectivity index (χ0) is 13.5. The molecule has 1 rings (SSSR count). The van der Waals surface area contributed by atoms with Crippen LogP contribution in [0.3, 0.4) is 0 Å². The maximum Gasteiger partial charge on any atom is 0.307 e. The standard InChI is InChI=1S/C13H16FNO3/c1-15(8-7-13(17)18-2)12(16)9-10-5-3-4-6-11(10)14/h3-6H,7-9H2,1-2H3. The third-order valence-corrected chi connectivity index (χ3v) is 2.60. The first kappa shape index (κ1) is 14.2. The molecular weight excluding hydrogens is 237 g/mol. The van der Waals surface area contributed by atoms with Crippen LogP contribution in [0, 0.1) is 5.82 Å². The van der Waals surface area contributed by atoms with Gasteiger partial charge in [-0.05, 0) is 11.6 Å². The second-order valence-electron chi connectivity index (χ2n) is 3.91. The van der Waals surface area contributed by atoms with Crippen molar-refractivity contribution in [1.29, 1.82) is 0 Å². The Hall–Kier alpha value is -1.91. The molecule has 0 radical (unpaired) electrons. The van der Waals surface area contributed by atoms with Crippen molar-refractivity contribution in [3.05, 3.63) is 35.6 Å². The molecule has 0 aromatic heterocycles. The van der Waals surface area contributed by atoms with Crippen molar-refractivity contribution in [2.45, 2.75) is 12.8 Å². The number of carbonyl (C=O) groups excluding carboxylic acids is 2. The Morgan fingerprint density at radius 1 is 1.33 bits per heavy atom. The molecular formula is C13H16FNO3. The SMILES string of the molecule is COC(=O)CCN(C)C(=O)Cc1ccccc1F. The molecule has 0 saturated carbocycles. The van der Waals surface area contributed by atoms with Crippen molar-refractivity contribution in [3.8, 4) is 0 Å². The fourth-order valence-corrected chi connectivity index (χ4v) is 1.43. The first-order chi connectivity index (χ1) is 8.54. The highest BCUT2D eigenvalue weighted by atomic mass is 19.1. The van der Waals surface area contributed by atoms with Gasteiger partial charge >= 0.3 is 5.97 Å². The van der Waals surface area contributed by atoms with Crippen LogP contribution in [0.4, 0.5) is 4.39 Å². The lowest BCUT2D eigenvalue weighted by atomic mass is 10.1. The molecule has 0 N–H and O–H groups in total. The van der Waals surface area contributed by atoms with Gasteiger partial charge in [0.1, 0.15) is 5.82 Å². The number of rotatable bonds is 5. The van der Waals surface area contributed by atoms with E-state index in [1.165, 1.54) is 18.1 Å². The van der Waals surface area contributed by atoms with Gasteiger partial charge in [-0.15, -0.1) is 0 Å². The summed E-state index contributed by atoms with van der Waals surface area (Å²) in [5, 5.41) is 0. The van der Waals surface area contributed by atoms with Crippen LogP contribution in [-0.4, -0.2) is 37.5 Å². The van der Waals surface area contributed by atoms with Crippen molar-refractivity contribution in [3.63, 3.8) is 0 Å². The number of methoxy groups -OCH3 is 1. The fourth-order valence-electron chi connectivity index (χ4n) is 1.43. The van der Waals surface area contributed by atoms with Gasteiger partial charge in [-0.2, -0.15) is 0 Å². The summed E-state index contributed by atoms with van der Waals surface area (Å²) in [6.07, 6.45) is 0.125. The predicted molar refractivity (Wildman–Crippen MR) is 64.4 cm³/mol. The first-order valence-electron chi connectivity index (χ1n) is 5.58. The van der Waals surface area contributed by atoms with Crippen LogP contribution in [0.25, 0.3) is 0 Å². The molecule has 0 spiro atoms. The highest BCUT2D eigenvalue weighted by Crippen LogP contribution is 2.08. The minimum Gasteiger partial charge on any atom is -0.469 e. The number of nitrogens with zero attached hydrogens (tertiary/aromatic N) is 1. The highest BCUT2D eigenvalue weighted by molar-refractivity contribution is 5.79. The molecule has 98 valence electrons. The summed E-state index contributed by atoms with van der Waals surface area (Å²) in [5.41, 5.74) is 0.354. The van der Waals surface area contributed by atoms with Crippen LogP contribution in [0.5, 0.6) is 0 Å². The number of benzene rings is 1. The van der Waals surface area contributed by atoms with Gasteiger partial charge in [-0.3, -0.25) is 9.59 Å². The Kier molecular flexibility index (Phi) is 5.30. The summed E-state index contributed by atoms with van der Waals surface area (Å²) >= 11 is 0. The van der Waals surface area contributed by atoms with Crippen LogP contribution >= 0.6 is 0 Å². The molecule has 0 heterocycles. The summed E-state index contributed by atoms with van der Waals surface area (Å²) in [6, 6.07) is 6.14. The summed E-state index contributed by atoms with van der Waals surface area (Å²) in [7, 11) is 2.87. The van der Waals surface area contributed by atoms with Gasteiger partial charge in [-0.25, -0.2) is 4.39 Å². The lowest BCUT2D eigenvalue weighted by Crippen LogP contribution is -2.30. The first-order valence-corrected chi connectivity index (χ1v) is 5.58. The van der Waals surface area contributed by atoms with Crippen LogP contribution in [0.15, 0.2) is 24.3 Å². The largest absolute Gasteiger partial charge is 0.469 e. The van der Waals surface area contributed by atoms with Gasteiger partial charge in [-0.1, -0.05) is 18.2 Å². The van der Waals surface area contributed by atoms with Crippen LogP contribution < -0.4 is 0 Å². The Balaban J connectivity index is 2.50. The second-order valence-corrected chi connectivity index (χ2v) is 3.91. The molecule has 0 saturated heterocycles. The lowest BCUT2D eigenvalue weighted by molar-refractivity contribution is -0.141. The van der Waals surface area contributed by atoms with Crippen molar-refractivity contribution >= 4 is 11.9 Å². The van der Waals surface area contributed by atoms with E-state index in [1.54, 1.807) is 25.2 Å². The number of hydrogen-bond donors (Lipinski definition) is 0. The monoisotopic (exact) mass is 253 g/mol. The van der Waals surface area contributed by atoms with Crippen molar-refractivity contribution in [1.82, 2.24) is 4.90 Å². The highest BCUT2D eigenvalue weighted by Gasteiger charge is 2.13. The Morgan fingerprint density at radius 2 is 2.00 bits per heavy atom. The number of halogens is 1. The molecule has 1 amide bonds. The molecule has 0 aliphatic rings. The van der Waals surface area contributed by atoms with E-state index in [4.69, 9.17) is 0 Å². The number of ether oxygens (including phenoxy) is 1. The average Bonchev–Trinajstić information content (AvgIpc) is 2.38. The van der Waals surface area contributed by atoms with E-state index in [0.29, 0.717) is 5.56 Å². The maximum atomic E-state index is 13.3. The Labute approximate surface area is 105 Å². The molecule has 18 heavy (non-hydrogen) atoms. The van der Waals surface area contributed by atoms with Gasteiger partial charge in [0.15, 0.2) is 0 Å². The third kappa shape index (κ3) is 4.16. The third-order valence-electron chi connectivity index (χ3n) is 2.60. The number of carbonyl (C=O) groups is 2. The smallest absolute Gasteiger partial charge is 0.307 e. The number of hydrogen-bond acceptors (Lipinski definition) is 3. The van der Waals surface area contributed by atoms with Gasteiger partial charge in [0.05, 0.1) is 20.0 Å². The quantitative estimate of drug-likeness (QED) is 0.745. The minimum absolute atomic E-state index is 0.00958. The molecule has 5 heteroatoms. The molecule has 0 unspecified atom stereocenters. The van der Waals surface area contributed by atoms with E-state index in [-0.39, 0.29) is 31.3 Å². The van der Waals surface area contributed by atoms with Crippen LogP contribution in [0.2, 0.25) is 0 Å². The Bertz CT molecular complexity index is 434. The summed E-state index contributed by atoms with van der Waals surface area (Å²) in [4.78, 5) is 24.1. The lowest BCUT2D eigenvalue weighted by Gasteiger charge is -2.16. The fraction of sp³-hybridized carbons (Fsp3) is 0.385. The number of likely N-dealkylation sites (N-methyl/N-ethyl adjacent to an activating group) is 1. The van der Waals surface area contributed by atoms with Crippen LogP contribution in [-0.2, 0) is 20.7 Å². The van der Waals surface area contributed by atoms with Crippen molar-refractivity contribution in [2.24, 2.45) is 0 Å². The normalized spacial score (nSPS) is 9.94. The van der Waals surface area contributed by atoms with Crippen LogP contribution in [0.1, 0.15) is 12.0 Å². The van der Waals surface area contributed by atoms with Gasteiger partial charge in [0.25, 0.3) is 0 Å². The minimum atomic E-state index is -0.396. The molecule has 0 fully saturated rings. The molecule has 4 nitrogen and oxygen atoms in total. The molecule has 0 bridgehead atoms. The topological polar surface area (TPSA) is 46.6 Å². The van der Waals surface area contributed by atoms with E-state index in [1.807, 2.05) is 0 Å². The predicted octanol–water partition coefficient (Wildman–Crippen LogP) is 1.39. The molecule has 0 atom stereocenters. The zero-order valence-electron chi connectivity index (χ0n) is 10.5. The van der Waals surface area contributed by atoms with E-state index < -0.39 is 5.82 Å². The molecule has 1 aromatic carbocycles. The zero-order valence-corrected chi connectivity index (χ0v) is 10.5. The van der Waals surface area contributed by atoms with Crippen molar-refractivity contribution < 1.29 is 18.7 Å². The summed E-state index contributed by atoms with van der Waals surface area (Å²) in [5.74, 6) is -1.00. The van der Waals surface area contributed by atoms with Gasteiger partial charge in [0.2, 0.25) is 5.91 Å². The average molecular weight is 253 g/mol. The summed E-state index contributed by atoms with van der Waals surface area (Å²) < 4.78 is 17.8. The van der Waals surface area contributed by atoms with Crippen molar-refractivity contribution in [2.75, 3.05) is 20.7 Å². The maximum absolute atomic E-state index is 13.3. The molecule has 0 aliphatic carbocycles. The van der Waals surface area contributed by atoms with E-state index in [0.717, 1.165) is 0 Å². The molecule has 1 aromatic rings. The second kappa shape index (κ2) is 6.74. The Morgan fingerprint density at radius 3 is 2.61 bits per heavy atom.